The minimum atomic E-state index is -0.394. The average Bonchev–Trinajstić information content (AvgIpc) is 2.48. The molecule has 2 unspecified atom stereocenters. The first-order valence-corrected chi connectivity index (χ1v) is 4.97. The fourth-order valence-corrected chi connectivity index (χ4v) is 2.12. The lowest BCUT2D eigenvalue weighted by molar-refractivity contribution is 0.124. The Morgan fingerprint density at radius 3 is 2.75 bits per heavy atom. The molecule has 12 heavy (non-hydrogen) atoms. The maximum atomic E-state index is 9.79. The molecule has 1 rings (SSSR count). The van der Waals surface area contributed by atoms with Gasteiger partial charge in [0.15, 0.2) is 0 Å². The number of nitrogens with two attached hydrogens (primary N) is 1. The summed E-state index contributed by atoms with van der Waals surface area (Å²) in [5.74, 6) is 0.141. The predicted molar refractivity (Wildman–Crippen MR) is 52.2 cm³/mol. The normalized spacial score (nSPS) is 16.0. The highest BCUT2D eigenvalue weighted by Crippen LogP contribution is 2.28. The largest absolute Gasteiger partial charge is 0.387 e. The van der Waals surface area contributed by atoms with E-state index in [2.05, 4.69) is 0 Å². The van der Waals surface area contributed by atoms with Crippen molar-refractivity contribution in [2.45, 2.75) is 20.0 Å². The zero-order chi connectivity index (χ0) is 9.14. The Morgan fingerprint density at radius 2 is 2.33 bits per heavy atom. The highest BCUT2D eigenvalue weighted by Gasteiger charge is 2.17. The van der Waals surface area contributed by atoms with Crippen LogP contribution in [0.15, 0.2) is 11.4 Å². The van der Waals surface area contributed by atoms with E-state index >= 15 is 0 Å². The third kappa shape index (κ3) is 1.86. The lowest BCUT2D eigenvalue weighted by atomic mass is 10.0. The van der Waals surface area contributed by atoms with Gasteiger partial charge >= 0.3 is 0 Å². The molecule has 0 aliphatic carbocycles. The summed E-state index contributed by atoms with van der Waals surface area (Å²) in [6.07, 6.45) is -0.394. The number of aliphatic hydroxyl groups is 1. The molecule has 0 spiro atoms. The Kier molecular flexibility index (Phi) is 3.26. The van der Waals surface area contributed by atoms with Gasteiger partial charge in [-0.2, -0.15) is 0 Å². The van der Waals surface area contributed by atoms with Gasteiger partial charge in [0.05, 0.1) is 6.10 Å². The highest BCUT2D eigenvalue weighted by atomic mass is 32.1. The molecule has 0 bridgehead atoms. The molecule has 0 amide bonds. The highest BCUT2D eigenvalue weighted by molar-refractivity contribution is 7.10. The Labute approximate surface area is 77.0 Å². The van der Waals surface area contributed by atoms with Gasteiger partial charge in [0.2, 0.25) is 0 Å². The smallest absolute Gasteiger partial charge is 0.0922 e. The number of thiophene rings is 1. The van der Waals surface area contributed by atoms with E-state index in [0.717, 1.165) is 10.4 Å². The van der Waals surface area contributed by atoms with E-state index < -0.39 is 6.10 Å². The predicted octanol–water partition coefficient (Wildman–Crippen LogP) is 1.68. The second-order valence-corrected chi connectivity index (χ2v) is 4.07. The molecule has 0 aromatic carbocycles. The van der Waals surface area contributed by atoms with Crippen LogP contribution >= 0.6 is 11.3 Å². The van der Waals surface area contributed by atoms with Gasteiger partial charge in [-0.3, -0.25) is 0 Å². The molecule has 2 atom stereocenters. The summed E-state index contributed by atoms with van der Waals surface area (Å²) in [6.45, 7) is 4.50. The number of rotatable bonds is 3. The van der Waals surface area contributed by atoms with Crippen molar-refractivity contribution in [3.63, 3.8) is 0 Å². The molecule has 1 aromatic rings. The van der Waals surface area contributed by atoms with Crippen molar-refractivity contribution >= 4 is 11.3 Å². The third-order valence-electron chi connectivity index (χ3n) is 2.08. The first-order valence-electron chi connectivity index (χ1n) is 4.09. The lowest BCUT2D eigenvalue weighted by Gasteiger charge is -2.16. The summed E-state index contributed by atoms with van der Waals surface area (Å²) in [5, 5.41) is 11.8. The molecular weight excluding hydrogens is 170 g/mol. The van der Waals surface area contributed by atoms with Gasteiger partial charge in [0, 0.05) is 4.88 Å². The van der Waals surface area contributed by atoms with Gasteiger partial charge in [-0.05, 0) is 36.4 Å². The van der Waals surface area contributed by atoms with Gasteiger partial charge in [-0.25, -0.2) is 0 Å². The van der Waals surface area contributed by atoms with Crippen LogP contribution in [0.5, 0.6) is 0 Å². The number of hydrogen-bond acceptors (Lipinski definition) is 3. The van der Waals surface area contributed by atoms with Gasteiger partial charge in [-0.1, -0.05) is 6.92 Å². The Balaban J connectivity index is 2.77. The summed E-state index contributed by atoms with van der Waals surface area (Å²) < 4.78 is 0. The number of aryl methyl sites for hydroxylation is 1. The molecule has 2 nitrogen and oxygen atoms in total. The first-order chi connectivity index (χ1) is 5.66. The van der Waals surface area contributed by atoms with Crippen LogP contribution in [0.2, 0.25) is 0 Å². The third-order valence-corrected chi connectivity index (χ3v) is 3.17. The summed E-state index contributed by atoms with van der Waals surface area (Å²) in [6, 6.07) is 2.02. The van der Waals surface area contributed by atoms with Crippen LogP contribution in [0.25, 0.3) is 0 Å². The Hall–Kier alpha value is -0.380. The molecule has 1 heterocycles. The van der Waals surface area contributed by atoms with Gasteiger partial charge in [0.25, 0.3) is 0 Å². The first kappa shape index (κ1) is 9.71. The van der Waals surface area contributed by atoms with E-state index in [0.29, 0.717) is 6.54 Å². The molecule has 0 saturated carbocycles. The fourth-order valence-electron chi connectivity index (χ4n) is 1.07. The molecular formula is C9H15NOS. The molecule has 3 N–H and O–H groups in total. The second kappa shape index (κ2) is 4.03. The van der Waals surface area contributed by atoms with E-state index in [1.165, 1.54) is 0 Å². The molecule has 0 saturated heterocycles. The van der Waals surface area contributed by atoms with Crippen molar-refractivity contribution in [2.75, 3.05) is 6.54 Å². The summed E-state index contributed by atoms with van der Waals surface area (Å²) in [5.41, 5.74) is 6.63. The van der Waals surface area contributed by atoms with E-state index in [1.807, 2.05) is 25.3 Å². The second-order valence-electron chi connectivity index (χ2n) is 3.13. The monoisotopic (exact) mass is 185 g/mol. The van der Waals surface area contributed by atoms with Crippen LogP contribution in [-0.2, 0) is 0 Å². The van der Waals surface area contributed by atoms with Gasteiger partial charge in [-0.15, -0.1) is 11.3 Å². The molecule has 0 radical (unpaired) electrons. The molecule has 0 aliphatic rings. The summed E-state index contributed by atoms with van der Waals surface area (Å²) >= 11 is 1.60. The molecule has 0 fully saturated rings. The van der Waals surface area contributed by atoms with Crippen molar-refractivity contribution in [2.24, 2.45) is 11.7 Å². The van der Waals surface area contributed by atoms with Crippen molar-refractivity contribution in [3.05, 3.63) is 21.9 Å². The van der Waals surface area contributed by atoms with Crippen molar-refractivity contribution in [3.8, 4) is 0 Å². The van der Waals surface area contributed by atoms with Crippen LogP contribution in [-0.4, -0.2) is 11.7 Å². The van der Waals surface area contributed by atoms with Crippen LogP contribution < -0.4 is 5.73 Å². The molecule has 1 aromatic heterocycles. The minimum Gasteiger partial charge on any atom is -0.387 e. The number of hydrogen-bond donors (Lipinski definition) is 2. The average molecular weight is 185 g/mol. The van der Waals surface area contributed by atoms with Crippen molar-refractivity contribution < 1.29 is 5.11 Å². The molecule has 0 aliphatic heterocycles. The number of aliphatic hydroxyl groups excluding tert-OH is 1. The van der Waals surface area contributed by atoms with Crippen molar-refractivity contribution in [1.82, 2.24) is 0 Å². The Bertz CT molecular complexity index is 246. The quantitative estimate of drug-likeness (QED) is 0.752. The van der Waals surface area contributed by atoms with E-state index in [-0.39, 0.29) is 5.92 Å². The van der Waals surface area contributed by atoms with Crippen LogP contribution in [0.1, 0.15) is 23.5 Å². The standard InChI is InChI=1S/C9H15NOS/c1-6-3-4-12-9(6)8(11)7(2)5-10/h3-4,7-8,11H,5,10H2,1-2H3. The summed E-state index contributed by atoms with van der Waals surface area (Å²) in [7, 11) is 0. The van der Waals surface area contributed by atoms with Crippen LogP contribution in [0.4, 0.5) is 0 Å². The van der Waals surface area contributed by atoms with Crippen LogP contribution in [0, 0.1) is 12.8 Å². The van der Waals surface area contributed by atoms with E-state index in [1.54, 1.807) is 11.3 Å². The SMILES string of the molecule is Cc1ccsc1C(O)C(C)CN. The maximum Gasteiger partial charge on any atom is 0.0922 e. The zero-order valence-electron chi connectivity index (χ0n) is 7.45. The van der Waals surface area contributed by atoms with Gasteiger partial charge in [0.1, 0.15) is 0 Å². The Morgan fingerprint density at radius 1 is 1.67 bits per heavy atom. The molecule has 68 valence electrons. The van der Waals surface area contributed by atoms with E-state index in [4.69, 9.17) is 5.73 Å². The minimum absolute atomic E-state index is 0.141. The van der Waals surface area contributed by atoms with Crippen molar-refractivity contribution in [1.29, 1.82) is 0 Å². The topological polar surface area (TPSA) is 46.2 Å². The van der Waals surface area contributed by atoms with Gasteiger partial charge < -0.3 is 10.8 Å². The molecule has 3 heteroatoms. The maximum absolute atomic E-state index is 9.79. The summed E-state index contributed by atoms with van der Waals surface area (Å²) in [4.78, 5) is 1.05. The van der Waals surface area contributed by atoms with E-state index in [9.17, 15) is 5.11 Å². The zero-order valence-corrected chi connectivity index (χ0v) is 8.27. The fraction of sp³-hybridized carbons (Fsp3) is 0.556. The lowest BCUT2D eigenvalue weighted by Crippen LogP contribution is -2.18. The van der Waals surface area contributed by atoms with Crippen LogP contribution in [0.3, 0.4) is 0 Å².